The van der Waals surface area contributed by atoms with Gasteiger partial charge in [0.15, 0.2) is 0 Å². The molecule has 400 valence electrons. The SMILES string of the molecule is CC(C)(C)CCO.CCCC(C)(C)C.CCCNCCOCCn1cc(CCC(C)(C)C)nn1.CCCOCCn1cc(CCC(C)(C)C)nn1.CCCOCCn1cc(CCC(C)(C)C)nn1. The maximum atomic E-state index is 8.40. The molecule has 0 saturated heterocycles. The minimum atomic E-state index is 0.300. The van der Waals surface area contributed by atoms with E-state index in [0.717, 1.165) is 147 Å². The molecule has 0 atom stereocenters. The minimum absolute atomic E-state index is 0.300. The van der Waals surface area contributed by atoms with Crippen molar-refractivity contribution in [1.29, 1.82) is 0 Å². The molecule has 0 aliphatic carbocycles. The fourth-order valence-electron chi connectivity index (χ4n) is 5.80. The average molecular weight is 964 g/mol. The third-order valence-corrected chi connectivity index (χ3v) is 9.95. The largest absolute Gasteiger partial charge is 0.396 e. The lowest BCUT2D eigenvalue weighted by Crippen LogP contribution is -2.21. The molecule has 3 heterocycles. The van der Waals surface area contributed by atoms with Crippen LogP contribution in [0, 0.1) is 27.1 Å². The second-order valence-electron chi connectivity index (χ2n) is 24.0. The van der Waals surface area contributed by atoms with Gasteiger partial charge in [-0.15, -0.1) is 15.3 Å². The Kier molecular flexibility index (Phi) is 37.6. The summed E-state index contributed by atoms with van der Waals surface area (Å²) in [5, 5.41) is 36.6. The highest BCUT2D eigenvalue weighted by Gasteiger charge is 2.14. The van der Waals surface area contributed by atoms with Gasteiger partial charge in [0.2, 0.25) is 0 Å². The molecule has 0 aromatic carbocycles. The molecule has 0 aliphatic rings. The Morgan fingerprint density at radius 2 is 0.735 bits per heavy atom. The Labute approximate surface area is 418 Å². The minimum Gasteiger partial charge on any atom is -0.396 e. The van der Waals surface area contributed by atoms with Crippen LogP contribution in [0.3, 0.4) is 0 Å². The molecule has 3 rings (SSSR count). The van der Waals surface area contributed by atoms with Crippen molar-refractivity contribution in [3.05, 3.63) is 35.7 Å². The zero-order chi connectivity index (χ0) is 52.1. The summed E-state index contributed by atoms with van der Waals surface area (Å²) >= 11 is 0. The van der Waals surface area contributed by atoms with Crippen LogP contribution in [0.15, 0.2) is 18.6 Å². The summed E-state index contributed by atoms with van der Waals surface area (Å²) in [6, 6.07) is 0. The molecule has 0 saturated carbocycles. The van der Waals surface area contributed by atoms with Crippen molar-refractivity contribution in [2.45, 2.75) is 228 Å². The Balaban J connectivity index is 0. The van der Waals surface area contributed by atoms with E-state index in [1.807, 2.05) is 32.6 Å². The van der Waals surface area contributed by atoms with Gasteiger partial charge in [0.1, 0.15) is 0 Å². The summed E-state index contributed by atoms with van der Waals surface area (Å²) in [4.78, 5) is 0. The molecular formula is C54H110N10O4. The highest BCUT2D eigenvalue weighted by Crippen LogP contribution is 2.23. The van der Waals surface area contributed by atoms with Gasteiger partial charge in [0, 0.05) is 45.0 Å². The Morgan fingerprint density at radius 1 is 0.412 bits per heavy atom. The average Bonchev–Trinajstić information content (AvgIpc) is 4.00. The zero-order valence-electron chi connectivity index (χ0n) is 47.9. The monoisotopic (exact) mass is 963 g/mol. The summed E-state index contributed by atoms with van der Waals surface area (Å²) in [7, 11) is 0. The first-order valence-electron chi connectivity index (χ1n) is 26.4. The number of aliphatic hydroxyl groups excluding tert-OH is 1. The molecule has 0 aliphatic heterocycles. The molecule has 14 heteroatoms. The molecule has 2 N–H and O–H groups in total. The maximum absolute atomic E-state index is 8.40. The molecule has 0 spiro atoms. The van der Waals surface area contributed by atoms with E-state index < -0.39 is 0 Å². The smallest absolute Gasteiger partial charge is 0.0827 e. The fourth-order valence-corrected chi connectivity index (χ4v) is 5.80. The standard InChI is InChI=1S/C15H30N4O.2C13H25N3O.C7H16.C6H14O/c1-5-8-16-9-11-20-12-10-19-13-14(17-18-19)6-7-15(2,3)4;2*1-5-9-17-10-8-16-11-12(14-15-16)6-7-13(2,3)4;1-5-6-7(2,3)4;1-6(2,3)4-5-7/h13,16H,5-12H2,1-4H3;2*11H,5-10H2,1-4H3;5-6H2,1-4H3;7H,4-5H2,1-3H3. The lowest BCUT2D eigenvalue weighted by molar-refractivity contribution is 0.124. The van der Waals surface area contributed by atoms with Crippen LogP contribution in [0.4, 0.5) is 0 Å². The van der Waals surface area contributed by atoms with Crippen LogP contribution in [-0.4, -0.2) is 109 Å². The first-order valence-corrected chi connectivity index (χ1v) is 26.4. The van der Waals surface area contributed by atoms with E-state index in [1.165, 1.54) is 12.8 Å². The molecule has 0 bridgehead atoms. The Bertz CT molecular complexity index is 1470. The van der Waals surface area contributed by atoms with E-state index in [9.17, 15) is 0 Å². The van der Waals surface area contributed by atoms with Gasteiger partial charge < -0.3 is 24.6 Å². The normalized spacial score (nSPS) is 12.0. The van der Waals surface area contributed by atoms with Gasteiger partial charge >= 0.3 is 0 Å². The maximum Gasteiger partial charge on any atom is 0.0827 e. The van der Waals surface area contributed by atoms with Crippen LogP contribution in [0.5, 0.6) is 0 Å². The summed E-state index contributed by atoms with van der Waals surface area (Å²) in [5.41, 5.74) is 5.14. The van der Waals surface area contributed by atoms with E-state index >= 15 is 0 Å². The number of rotatable bonds is 26. The van der Waals surface area contributed by atoms with E-state index in [0.29, 0.717) is 40.3 Å². The Hall–Kier alpha value is -2.78. The molecule has 14 nitrogen and oxygen atoms in total. The van der Waals surface area contributed by atoms with Crippen LogP contribution >= 0.6 is 0 Å². The molecular weight excluding hydrogens is 853 g/mol. The summed E-state index contributed by atoms with van der Waals surface area (Å²) in [5.74, 6) is 0. The van der Waals surface area contributed by atoms with Crippen molar-refractivity contribution in [2.75, 3.05) is 59.3 Å². The quantitative estimate of drug-likeness (QED) is 0.0740. The van der Waals surface area contributed by atoms with Crippen LogP contribution < -0.4 is 5.32 Å². The first kappa shape index (κ1) is 67.3. The van der Waals surface area contributed by atoms with E-state index in [4.69, 9.17) is 19.3 Å². The van der Waals surface area contributed by atoms with Crippen LogP contribution in [0.2, 0.25) is 0 Å². The third-order valence-electron chi connectivity index (χ3n) is 9.95. The lowest BCUT2D eigenvalue weighted by Gasteiger charge is -2.16. The van der Waals surface area contributed by atoms with Gasteiger partial charge in [0.05, 0.1) is 63.1 Å². The van der Waals surface area contributed by atoms with Crippen LogP contribution in [0.1, 0.15) is 206 Å². The summed E-state index contributed by atoms with van der Waals surface area (Å²) in [6.45, 7) is 51.2. The fraction of sp³-hybridized carbons (Fsp3) is 0.889. The molecule has 3 aromatic rings. The van der Waals surface area contributed by atoms with Crippen molar-refractivity contribution in [3.8, 4) is 0 Å². The number of nitrogens with zero attached hydrogens (tertiary/aromatic N) is 9. The molecule has 68 heavy (non-hydrogen) atoms. The van der Waals surface area contributed by atoms with Gasteiger partial charge in [0.25, 0.3) is 0 Å². The molecule has 0 amide bonds. The van der Waals surface area contributed by atoms with Crippen molar-refractivity contribution in [1.82, 2.24) is 50.3 Å². The van der Waals surface area contributed by atoms with E-state index in [1.54, 1.807) is 0 Å². The number of aromatic nitrogens is 9. The third kappa shape index (κ3) is 48.3. The molecule has 0 unspecified atom stereocenters. The second kappa shape index (κ2) is 38.0. The number of hydrogen-bond donors (Lipinski definition) is 2. The summed E-state index contributed by atoms with van der Waals surface area (Å²) in [6.07, 6.45) is 19.3. The van der Waals surface area contributed by atoms with Crippen molar-refractivity contribution < 1.29 is 19.3 Å². The lowest BCUT2D eigenvalue weighted by atomic mass is 9.90. The number of ether oxygens (including phenoxy) is 3. The molecule has 0 fully saturated rings. The second-order valence-corrected chi connectivity index (χ2v) is 24.0. The number of nitrogens with one attached hydrogen (secondary N) is 1. The van der Waals surface area contributed by atoms with Gasteiger partial charge in [-0.2, -0.15) is 0 Å². The number of hydrogen-bond acceptors (Lipinski definition) is 11. The van der Waals surface area contributed by atoms with E-state index in [-0.39, 0.29) is 0 Å². The predicted octanol–water partition coefficient (Wildman–Crippen LogP) is 11.9. The van der Waals surface area contributed by atoms with Crippen molar-refractivity contribution in [2.24, 2.45) is 27.1 Å². The van der Waals surface area contributed by atoms with E-state index in [2.05, 4.69) is 168 Å². The van der Waals surface area contributed by atoms with Crippen molar-refractivity contribution in [3.63, 3.8) is 0 Å². The number of aliphatic hydroxyl groups is 1. The van der Waals surface area contributed by atoms with Crippen LogP contribution in [-0.2, 0) is 53.1 Å². The van der Waals surface area contributed by atoms with Gasteiger partial charge in [-0.3, -0.25) is 0 Å². The summed E-state index contributed by atoms with van der Waals surface area (Å²) < 4.78 is 22.0. The van der Waals surface area contributed by atoms with Gasteiger partial charge in [-0.25, -0.2) is 14.0 Å². The topological polar surface area (TPSA) is 152 Å². The van der Waals surface area contributed by atoms with Gasteiger partial charge in [-0.1, -0.05) is 154 Å². The van der Waals surface area contributed by atoms with Crippen molar-refractivity contribution >= 4 is 0 Å². The Morgan fingerprint density at radius 3 is 0.971 bits per heavy atom. The molecule has 3 aromatic heterocycles. The predicted molar refractivity (Wildman–Crippen MR) is 285 cm³/mol. The first-order chi connectivity index (χ1) is 31.7. The van der Waals surface area contributed by atoms with Gasteiger partial charge in [-0.05, 0) is 104 Å². The van der Waals surface area contributed by atoms with Crippen LogP contribution in [0.25, 0.3) is 0 Å². The zero-order valence-corrected chi connectivity index (χ0v) is 47.9. The highest BCUT2D eigenvalue weighted by atomic mass is 16.5. The number of aryl methyl sites for hydroxylation is 3. The highest BCUT2D eigenvalue weighted by molar-refractivity contribution is 4.95. The molecule has 0 radical (unpaired) electrons.